The molecule has 0 spiro atoms. The topological polar surface area (TPSA) is 38.4 Å². The van der Waals surface area contributed by atoms with Gasteiger partial charge < -0.3 is 5.73 Å². The van der Waals surface area contributed by atoms with Gasteiger partial charge in [0.25, 0.3) is 0 Å². The number of allylic oxidation sites excluding steroid dienone is 2. The van der Waals surface area contributed by atoms with E-state index in [1.807, 2.05) is 0 Å². The fourth-order valence-corrected chi connectivity index (χ4v) is 0.424. The van der Waals surface area contributed by atoms with Gasteiger partial charge in [-0.25, -0.2) is 9.38 Å². The molecule has 4 heteroatoms. The van der Waals surface area contributed by atoms with E-state index in [0.29, 0.717) is 0 Å². The molecule has 0 fully saturated rings. The third-order valence-electron chi connectivity index (χ3n) is 0.884. The Morgan fingerprint density at radius 1 is 1.80 bits per heavy atom. The Kier molecular flexibility index (Phi) is 3.72. The third-order valence-corrected chi connectivity index (χ3v) is 1.17. The molecule has 0 bridgehead atoms. The van der Waals surface area contributed by atoms with Crippen LogP contribution in [0.2, 0.25) is 0 Å². The zero-order valence-corrected chi connectivity index (χ0v) is 6.32. The molecule has 0 aliphatic heterocycles. The highest BCUT2D eigenvalue weighted by Crippen LogP contribution is 2.15. The highest BCUT2D eigenvalue weighted by atomic mass is 35.5. The summed E-state index contributed by atoms with van der Waals surface area (Å²) >= 11 is 5.24. The van der Waals surface area contributed by atoms with Gasteiger partial charge in [-0.05, 0) is 13.6 Å². The number of rotatable bonds is 2. The Balaban J connectivity index is 4.63. The molecule has 2 nitrogen and oxygen atoms in total. The normalized spacial score (nSPS) is 14.5. The quantitative estimate of drug-likeness (QED) is 0.376. The predicted molar refractivity (Wildman–Crippen MR) is 41.5 cm³/mol. The van der Waals surface area contributed by atoms with Gasteiger partial charge in [-0.3, -0.25) is 0 Å². The molecule has 0 saturated heterocycles. The monoisotopic (exact) mass is 162 g/mol. The van der Waals surface area contributed by atoms with E-state index in [4.69, 9.17) is 17.3 Å². The van der Waals surface area contributed by atoms with Crippen molar-refractivity contribution in [1.29, 1.82) is 0 Å². The first-order valence-corrected chi connectivity index (χ1v) is 2.95. The van der Waals surface area contributed by atoms with Gasteiger partial charge in [0.15, 0.2) is 11.0 Å². The summed E-state index contributed by atoms with van der Waals surface area (Å²) in [5.41, 5.74) is 5.12. The maximum atomic E-state index is 12.6. The van der Waals surface area contributed by atoms with E-state index in [-0.39, 0.29) is 10.9 Å². The number of aliphatic imine (C=N–C) groups is 1. The van der Waals surface area contributed by atoms with Crippen LogP contribution in [0, 0.1) is 0 Å². The summed E-state index contributed by atoms with van der Waals surface area (Å²) in [6.45, 7) is 4.64. The average molecular weight is 163 g/mol. The van der Waals surface area contributed by atoms with Crippen molar-refractivity contribution < 1.29 is 4.39 Å². The van der Waals surface area contributed by atoms with Crippen LogP contribution in [0.4, 0.5) is 4.39 Å². The minimum absolute atomic E-state index is 0.0302. The van der Waals surface area contributed by atoms with E-state index in [1.165, 1.54) is 6.08 Å². The van der Waals surface area contributed by atoms with Crippen molar-refractivity contribution in [2.45, 2.75) is 6.92 Å². The van der Waals surface area contributed by atoms with Crippen LogP contribution in [0.15, 0.2) is 27.7 Å². The minimum atomic E-state index is -0.737. The average Bonchev–Trinajstić information content (AvgIpc) is 2.00. The van der Waals surface area contributed by atoms with E-state index in [2.05, 4.69) is 11.7 Å². The fourth-order valence-electron chi connectivity index (χ4n) is 0.315. The SMILES string of the molecule is C=N/C(Cl)=C(F)\C(N)=C/C. The summed E-state index contributed by atoms with van der Waals surface area (Å²) in [4.78, 5) is 3.16. The van der Waals surface area contributed by atoms with E-state index in [1.54, 1.807) is 6.92 Å². The van der Waals surface area contributed by atoms with Gasteiger partial charge in [0.05, 0.1) is 5.70 Å². The summed E-state index contributed by atoms with van der Waals surface area (Å²) in [6, 6.07) is 0. The van der Waals surface area contributed by atoms with Crippen molar-refractivity contribution in [2.24, 2.45) is 10.7 Å². The van der Waals surface area contributed by atoms with Crippen molar-refractivity contribution >= 4 is 18.3 Å². The molecular formula is C6H8ClFN2. The van der Waals surface area contributed by atoms with Gasteiger partial charge in [0, 0.05) is 0 Å². The Hall–Kier alpha value is -0.830. The maximum Gasteiger partial charge on any atom is 0.182 e. The first-order chi connectivity index (χ1) is 4.63. The van der Waals surface area contributed by atoms with Gasteiger partial charge in [0.1, 0.15) is 0 Å². The van der Waals surface area contributed by atoms with Crippen LogP contribution in [0.3, 0.4) is 0 Å². The molecule has 2 N–H and O–H groups in total. The predicted octanol–water partition coefficient (Wildman–Crippen LogP) is 1.93. The van der Waals surface area contributed by atoms with Gasteiger partial charge >= 0.3 is 0 Å². The van der Waals surface area contributed by atoms with E-state index in [0.717, 1.165) is 0 Å². The molecule has 0 atom stereocenters. The lowest BCUT2D eigenvalue weighted by Crippen LogP contribution is -1.97. The third kappa shape index (κ3) is 2.19. The number of hydrogen-bond donors (Lipinski definition) is 1. The summed E-state index contributed by atoms with van der Waals surface area (Å²) in [6.07, 6.45) is 1.39. The lowest BCUT2D eigenvalue weighted by Gasteiger charge is -1.95. The van der Waals surface area contributed by atoms with Crippen molar-refractivity contribution in [3.8, 4) is 0 Å². The Morgan fingerprint density at radius 3 is 2.60 bits per heavy atom. The van der Waals surface area contributed by atoms with Crippen molar-refractivity contribution in [3.05, 3.63) is 22.8 Å². The van der Waals surface area contributed by atoms with Crippen LogP contribution in [-0.2, 0) is 0 Å². The molecular weight excluding hydrogens is 155 g/mol. The molecule has 0 radical (unpaired) electrons. The maximum absolute atomic E-state index is 12.6. The largest absolute Gasteiger partial charge is 0.397 e. The number of nitrogens with two attached hydrogens (primary N) is 1. The molecule has 0 aromatic rings. The van der Waals surface area contributed by atoms with Crippen LogP contribution in [-0.4, -0.2) is 6.72 Å². The zero-order valence-electron chi connectivity index (χ0n) is 5.56. The van der Waals surface area contributed by atoms with Crippen molar-refractivity contribution in [3.63, 3.8) is 0 Å². The van der Waals surface area contributed by atoms with E-state index >= 15 is 0 Å². The molecule has 0 aromatic heterocycles. The summed E-state index contributed by atoms with van der Waals surface area (Å²) in [5.74, 6) is -0.737. The molecule has 56 valence electrons. The van der Waals surface area contributed by atoms with Gasteiger partial charge in [-0.2, -0.15) is 0 Å². The Morgan fingerprint density at radius 2 is 2.30 bits per heavy atom. The molecule has 0 aliphatic rings. The second kappa shape index (κ2) is 4.06. The van der Waals surface area contributed by atoms with E-state index < -0.39 is 5.83 Å². The summed E-state index contributed by atoms with van der Waals surface area (Å²) in [5, 5.41) is -0.310. The summed E-state index contributed by atoms with van der Waals surface area (Å²) < 4.78 is 12.6. The van der Waals surface area contributed by atoms with Crippen LogP contribution < -0.4 is 5.73 Å². The van der Waals surface area contributed by atoms with E-state index in [9.17, 15) is 4.39 Å². The highest BCUT2D eigenvalue weighted by Gasteiger charge is 2.02. The molecule has 0 heterocycles. The number of halogens is 2. The molecule has 10 heavy (non-hydrogen) atoms. The van der Waals surface area contributed by atoms with Gasteiger partial charge in [-0.1, -0.05) is 17.7 Å². The second-order valence-electron chi connectivity index (χ2n) is 1.51. The van der Waals surface area contributed by atoms with Crippen LogP contribution in [0.25, 0.3) is 0 Å². The molecule has 0 aliphatic carbocycles. The van der Waals surface area contributed by atoms with Gasteiger partial charge in [-0.15, -0.1) is 0 Å². The lowest BCUT2D eigenvalue weighted by molar-refractivity contribution is 0.641. The Labute approximate surface area is 63.9 Å². The van der Waals surface area contributed by atoms with Crippen molar-refractivity contribution in [2.75, 3.05) is 0 Å². The van der Waals surface area contributed by atoms with Crippen LogP contribution in [0.1, 0.15) is 6.92 Å². The summed E-state index contributed by atoms with van der Waals surface area (Å²) in [7, 11) is 0. The standard InChI is InChI=1S/C6H8ClFN2/c1-3-4(9)5(8)6(7)10-2/h3H,2,9H2,1H3/b4-3+,6-5+. The fraction of sp³-hybridized carbons (Fsp3) is 0.167. The lowest BCUT2D eigenvalue weighted by atomic mass is 10.4. The minimum Gasteiger partial charge on any atom is -0.397 e. The van der Waals surface area contributed by atoms with Crippen LogP contribution in [0.5, 0.6) is 0 Å². The first kappa shape index (κ1) is 9.17. The van der Waals surface area contributed by atoms with Crippen LogP contribution >= 0.6 is 11.6 Å². The zero-order chi connectivity index (χ0) is 8.15. The second-order valence-corrected chi connectivity index (χ2v) is 1.86. The molecule has 0 aromatic carbocycles. The number of nitrogens with zero attached hydrogens (tertiary/aromatic N) is 1. The van der Waals surface area contributed by atoms with Gasteiger partial charge in [0.2, 0.25) is 0 Å². The highest BCUT2D eigenvalue weighted by molar-refractivity contribution is 6.30. The first-order valence-electron chi connectivity index (χ1n) is 2.57. The molecule has 0 amide bonds. The molecule has 0 saturated carbocycles. The molecule has 0 unspecified atom stereocenters. The van der Waals surface area contributed by atoms with Crippen molar-refractivity contribution in [1.82, 2.24) is 0 Å². The Bertz CT molecular complexity index is 196. The molecule has 0 rings (SSSR count). The smallest absolute Gasteiger partial charge is 0.182 e. The number of hydrogen-bond acceptors (Lipinski definition) is 2.